The van der Waals surface area contributed by atoms with Gasteiger partial charge in [-0.2, -0.15) is 0 Å². The second-order valence-electron chi connectivity index (χ2n) is 13.9. The third-order valence-corrected chi connectivity index (χ3v) is 12.3. The van der Waals surface area contributed by atoms with Crippen LogP contribution in [0, 0.1) is 5.92 Å². The number of allylic oxidation sites excluding steroid dienone is 5. The number of ether oxygens (including phenoxy) is 6. The number of methoxy groups -OCH3 is 2. The van der Waals surface area contributed by atoms with Gasteiger partial charge in [0.15, 0.2) is 6.29 Å². The Hall–Kier alpha value is -1.86. The standard InChI is InChI=1S/C37H67NO17P2/c1-27(2)10-8-11-28(3)12-9-13-29(4)16-17-52-56(45,25-39)55-57(46,26-40)54-37-30(5)35(43)36(44)32(53-37)22-38-33(41)14-15-34(42)51-24-31(50-21-19-48-7)23-49-20-18-47-6/h10,12,16,30-32,35-37,39-40,43-44H,8-9,11,13-15,17-26H2,1-7H3,(H,38,41)/b28-12+,29-16-/t30?,31?,32?,35-,36-,37-,56-,57+/m1/s1. The summed E-state index contributed by atoms with van der Waals surface area (Å²) in [6.45, 7) is 10.1. The Kier molecular flexibility index (Phi) is 27.4. The molecular weight excluding hydrogens is 792 g/mol. The molecule has 0 aliphatic carbocycles. The quantitative estimate of drug-likeness (QED) is 0.0287. The van der Waals surface area contributed by atoms with Gasteiger partial charge in [0.05, 0.1) is 52.2 Å². The predicted molar refractivity (Wildman–Crippen MR) is 210 cm³/mol. The van der Waals surface area contributed by atoms with Crippen molar-refractivity contribution in [1.29, 1.82) is 0 Å². The molecule has 3 unspecified atom stereocenters. The zero-order valence-electron chi connectivity index (χ0n) is 34.5. The molecule has 0 aromatic heterocycles. The first-order valence-electron chi connectivity index (χ1n) is 19.0. The first-order valence-corrected chi connectivity index (χ1v) is 22.5. The fourth-order valence-electron chi connectivity index (χ4n) is 5.08. The molecule has 1 aliphatic rings. The van der Waals surface area contributed by atoms with Crippen LogP contribution in [0.3, 0.4) is 0 Å². The molecule has 57 heavy (non-hydrogen) atoms. The fourth-order valence-corrected chi connectivity index (χ4v) is 8.36. The van der Waals surface area contributed by atoms with Crippen LogP contribution in [-0.2, 0) is 60.5 Å². The van der Waals surface area contributed by atoms with E-state index in [0.717, 1.165) is 24.8 Å². The summed E-state index contributed by atoms with van der Waals surface area (Å²) in [4.78, 5) is 24.9. The van der Waals surface area contributed by atoms with E-state index >= 15 is 0 Å². The van der Waals surface area contributed by atoms with E-state index in [-0.39, 0.29) is 45.8 Å². The molecule has 0 radical (unpaired) electrons. The SMILES string of the molecule is COCCOCC(COC(=O)CCC(=O)NCC1O[C@H](O[P@@](=O)(CO)O[P@@](=O)(CO)OC/C=C(/C)CC/C=C(\C)CCC=C(C)C)C(C)[C@@H](O)[C@@H]1O)OCCOC. The van der Waals surface area contributed by atoms with Gasteiger partial charge < -0.3 is 58.7 Å². The van der Waals surface area contributed by atoms with Gasteiger partial charge in [0, 0.05) is 33.1 Å². The van der Waals surface area contributed by atoms with Crippen LogP contribution >= 0.6 is 15.2 Å². The Bertz CT molecular complexity index is 1360. The lowest BCUT2D eigenvalue weighted by molar-refractivity contribution is -0.250. The second-order valence-corrected chi connectivity index (χ2v) is 18.0. The minimum Gasteiger partial charge on any atom is -0.463 e. The van der Waals surface area contributed by atoms with Crippen molar-refractivity contribution in [1.82, 2.24) is 5.32 Å². The van der Waals surface area contributed by atoms with Crippen molar-refractivity contribution in [3.63, 3.8) is 0 Å². The molecule has 8 atom stereocenters. The molecule has 18 nitrogen and oxygen atoms in total. The van der Waals surface area contributed by atoms with Gasteiger partial charge in [0.2, 0.25) is 5.91 Å². The highest BCUT2D eigenvalue weighted by atomic mass is 31.3. The number of carbonyl (C=O) groups is 2. The maximum Gasteiger partial charge on any atom is 0.365 e. The molecule has 0 aromatic rings. The molecule has 1 saturated heterocycles. The van der Waals surface area contributed by atoms with E-state index in [1.807, 2.05) is 6.92 Å². The lowest BCUT2D eigenvalue weighted by atomic mass is 9.92. The average Bonchev–Trinajstić information content (AvgIpc) is 3.17. The van der Waals surface area contributed by atoms with E-state index in [1.54, 1.807) is 6.08 Å². The van der Waals surface area contributed by atoms with Gasteiger partial charge in [-0.1, -0.05) is 41.9 Å². The molecule has 332 valence electrons. The largest absolute Gasteiger partial charge is 0.463 e. The first kappa shape index (κ1) is 53.2. The minimum atomic E-state index is -4.73. The summed E-state index contributed by atoms with van der Waals surface area (Å²) in [6, 6.07) is 0. The summed E-state index contributed by atoms with van der Waals surface area (Å²) >= 11 is 0. The maximum atomic E-state index is 13.5. The van der Waals surface area contributed by atoms with Gasteiger partial charge in [0.25, 0.3) is 0 Å². The summed E-state index contributed by atoms with van der Waals surface area (Å²) in [5.41, 5.74) is 3.46. The first-order chi connectivity index (χ1) is 27.0. The summed E-state index contributed by atoms with van der Waals surface area (Å²) < 4.78 is 74.5. The van der Waals surface area contributed by atoms with E-state index in [9.17, 15) is 39.1 Å². The Morgan fingerprint density at radius 3 is 2.07 bits per heavy atom. The number of esters is 1. The highest BCUT2D eigenvalue weighted by Gasteiger charge is 2.47. The Labute approximate surface area is 337 Å². The van der Waals surface area contributed by atoms with Gasteiger partial charge >= 0.3 is 21.2 Å². The number of rotatable bonds is 31. The van der Waals surface area contributed by atoms with Crippen LogP contribution in [0.25, 0.3) is 0 Å². The van der Waals surface area contributed by atoms with E-state index < -0.39 is 76.4 Å². The Balaban J connectivity index is 2.71. The molecule has 1 amide bonds. The fraction of sp³-hybridized carbons (Fsp3) is 0.784. The van der Waals surface area contributed by atoms with Crippen LogP contribution in [0.4, 0.5) is 0 Å². The number of hydrogen-bond acceptors (Lipinski definition) is 17. The molecule has 0 bridgehead atoms. The molecule has 0 spiro atoms. The van der Waals surface area contributed by atoms with Crippen LogP contribution in [0.15, 0.2) is 34.9 Å². The number of carbonyl (C=O) groups excluding carboxylic acids is 2. The zero-order chi connectivity index (χ0) is 42.9. The van der Waals surface area contributed by atoms with Crippen molar-refractivity contribution in [2.75, 3.05) is 79.7 Å². The average molecular weight is 860 g/mol. The summed E-state index contributed by atoms with van der Waals surface area (Å²) in [5.74, 6) is -2.34. The molecule has 1 heterocycles. The molecule has 1 fully saturated rings. The second kappa shape index (κ2) is 29.4. The van der Waals surface area contributed by atoms with Crippen molar-refractivity contribution in [2.24, 2.45) is 5.92 Å². The molecule has 0 saturated carbocycles. The number of nitrogens with one attached hydrogen (secondary N) is 1. The van der Waals surface area contributed by atoms with E-state index in [4.69, 9.17) is 41.8 Å². The number of aliphatic hydroxyl groups excluding tert-OH is 4. The van der Waals surface area contributed by atoms with Crippen LogP contribution in [0.5, 0.6) is 0 Å². The zero-order valence-corrected chi connectivity index (χ0v) is 36.3. The molecule has 20 heteroatoms. The van der Waals surface area contributed by atoms with Crippen molar-refractivity contribution in [3.8, 4) is 0 Å². The van der Waals surface area contributed by atoms with Gasteiger partial charge in [-0.15, -0.1) is 0 Å². The van der Waals surface area contributed by atoms with Crippen molar-refractivity contribution < 1.29 is 80.9 Å². The van der Waals surface area contributed by atoms with E-state index in [1.165, 1.54) is 32.3 Å². The number of amides is 1. The number of hydrogen-bond donors (Lipinski definition) is 5. The van der Waals surface area contributed by atoms with Crippen LogP contribution in [0.1, 0.15) is 73.1 Å². The number of aliphatic hydroxyl groups is 4. The van der Waals surface area contributed by atoms with E-state index in [0.29, 0.717) is 26.2 Å². The molecule has 0 aromatic carbocycles. The van der Waals surface area contributed by atoms with Crippen LogP contribution in [0.2, 0.25) is 0 Å². The van der Waals surface area contributed by atoms with E-state index in [2.05, 4.69) is 38.2 Å². The molecular formula is C37H67NO17P2. The van der Waals surface area contributed by atoms with Crippen LogP contribution in [-0.4, -0.2) is 143 Å². The topological polar surface area (TPSA) is 244 Å². The predicted octanol–water partition coefficient (Wildman–Crippen LogP) is 3.96. The third-order valence-electron chi connectivity index (χ3n) is 8.56. The lowest BCUT2D eigenvalue weighted by Crippen LogP contribution is -2.57. The minimum absolute atomic E-state index is 0.121. The van der Waals surface area contributed by atoms with Crippen molar-refractivity contribution in [2.45, 2.75) is 104 Å². The summed E-state index contributed by atoms with van der Waals surface area (Å²) in [5, 5.41) is 43.6. The van der Waals surface area contributed by atoms with Crippen LogP contribution < -0.4 is 5.32 Å². The Morgan fingerprint density at radius 1 is 0.807 bits per heavy atom. The van der Waals surface area contributed by atoms with Crippen molar-refractivity contribution >= 4 is 27.1 Å². The lowest BCUT2D eigenvalue weighted by Gasteiger charge is -2.42. The van der Waals surface area contributed by atoms with Crippen molar-refractivity contribution in [3.05, 3.63) is 34.9 Å². The van der Waals surface area contributed by atoms with Gasteiger partial charge in [-0.25, -0.2) is 4.31 Å². The summed E-state index contributed by atoms with van der Waals surface area (Å²) in [6.07, 6.45) is -0.170. The highest BCUT2D eigenvalue weighted by molar-refractivity contribution is 7.67. The monoisotopic (exact) mass is 859 g/mol. The summed E-state index contributed by atoms with van der Waals surface area (Å²) in [7, 11) is -6.16. The van der Waals surface area contributed by atoms with Gasteiger partial charge in [-0.05, 0) is 53.4 Å². The highest BCUT2D eigenvalue weighted by Crippen LogP contribution is 2.65. The van der Waals surface area contributed by atoms with Gasteiger partial charge in [-0.3, -0.25) is 23.2 Å². The maximum absolute atomic E-state index is 13.5. The molecule has 1 aliphatic heterocycles. The molecule has 5 N–H and O–H groups in total. The smallest absolute Gasteiger partial charge is 0.365 e. The Morgan fingerprint density at radius 2 is 1.44 bits per heavy atom. The molecule has 1 rings (SSSR count). The normalized spacial score (nSPS) is 23.0. The third kappa shape index (κ3) is 22.9. The van der Waals surface area contributed by atoms with Gasteiger partial charge in [0.1, 0.15) is 37.6 Å².